The number of anilines is 1. The van der Waals surface area contributed by atoms with Crippen molar-refractivity contribution in [1.29, 1.82) is 0 Å². The van der Waals surface area contributed by atoms with Gasteiger partial charge in [0.15, 0.2) is 0 Å². The first-order valence-corrected chi connectivity index (χ1v) is 12.4. The van der Waals surface area contributed by atoms with Gasteiger partial charge >= 0.3 is 0 Å². The second kappa shape index (κ2) is 9.91. The fraction of sp³-hybridized carbons (Fsp3) is 0.0800. The fourth-order valence-electron chi connectivity index (χ4n) is 3.36. The molecule has 1 N–H and O–H groups in total. The molecular formula is C25H22N2O3S2. The van der Waals surface area contributed by atoms with Crippen LogP contribution >= 0.6 is 11.3 Å². The molecule has 1 heterocycles. The number of nitrogens with one attached hydrogen (secondary N) is 1. The third kappa shape index (κ3) is 5.13. The molecule has 1 amide bonds. The molecular weight excluding hydrogens is 440 g/mol. The molecule has 32 heavy (non-hydrogen) atoms. The van der Waals surface area contributed by atoms with Crippen molar-refractivity contribution in [3.8, 4) is 11.1 Å². The maximum absolute atomic E-state index is 13.2. The van der Waals surface area contributed by atoms with Gasteiger partial charge < -0.3 is 5.32 Å². The van der Waals surface area contributed by atoms with Crippen LogP contribution in [0.25, 0.3) is 11.1 Å². The summed E-state index contributed by atoms with van der Waals surface area (Å²) in [6, 6.07) is 29.7. The topological polar surface area (TPSA) is 66.5 Å². The van der Waals surface area contributed by atoms with Crippen LogP contribution in [0, 0.1) is 0 Å². The van der Waals surface area contributed by atoms with Gasteiger partial charge in [-0.1, -0.05) is 84.9 Å². The van der Waals surface area contributed by atoms with E-state index in [1.54, 1.807) is 17.5 Å². The van der Waals surface area contributed by atoms with E-state index in [-0.39, 0.29) is 17.3 Å². The first-order chi connectivity index (χ1) is 15.5. The predicted octanol–water partition coefficient (Wildman–Crippen LogP) is 5.24. The van der Waals surface area contributed by atoms with Crippen LogP contribution in [-0.2, 0) is 21.4 Å². The van der Waals surface area contributed by atoms with E-state index in [0.717, 1.165) is 28.0 Å². The molecule has 0 radical (unpaired) electrons. The number of amides is 1. The monoisotopic (exact) mass is 462 g/mol. The molecule has 0 unspecified atom stereocenters. The van der Waals surface area contributed by atoms with Gasteiger partial charge in [-0.2, -0.15) is 4.31 Å². The Morgan fingerprint density at radius 2 is 1.47 bits per heavy atom. The molecule has 3 aromatic carbocycles. The quantitative estimate of drug-likeness (QED) is 0.389. The number of nitrogens with zero attached hydrogens (tertiary/aromatic N) is 1. The van der Waals surface area contributed by atoms with E-state index in [9.17, 15) is 13.2 Å². The Hall–Kier alpha value is -3.26. The molecule has 0 saturated carbocycles. The number of hydrogen-bond donors (Lipinski definition) is 1. The number of benzene rings is 3. The van der Waals surface area contributed by atoms with Crippen LogP contribution in [0.5, 0.6) is 0 Å². The number of rotatable bonds is 8. The summed E-state index contributed by atoms with van der Waals surface area (Å²) in [6.07, 6.45) is 0. The van der Waals surface area contributed by atoms with Gasteiger partial charge in [0.2, 0.25) is 5.91 Å². The summed E-state index contributed by atoms with van der Waals surface area (Å²) in [5.74, 6) is -0.399. The zero-order chi connectivity index (χ0) is 22.4. The lowest BCUT2D eigenvalue weighted by Crippen LogP contribution is -2.37. The highest BCUT2D eigenvalue weighted by molar-refractivity contribution is 7.91. The van der Waals surface area contributed by atoms with Gasteiger partial charge in [-0.15, -0.1) is 11.3 Å². The lowest BCUT2D eigenvalue weighted by Gasteiger charge is -2.21. The molecule has 4 aromatic rings. The van der Waals surface area contributed by atoms with Crippen molar-refractivity contribution >= 4 is 33.0 Å². The highest BCUT2D eigenvalue weighted by atomic mass is 32.2. The largest absolute Gasteiger partial charge is 0.324 e. The molecule has 0 atom stereocenters. The van der Waals surface area contributed by atoms with Crippen molar-refractivity contribution in [2.45, 2.75) is 10.8 Å². The Kier molecular flexibility index (Phi) is 6.80. The first-order valence-electron chi connectivity index (χ1n) is 10.1. The van der Waals surface area contributed by atoms with E-state index in [1.165, 1.54) is 4.31 Å². The van der Waals surface area contributed by atoms with E-state index >= 15 is 0 Å². The molecule has 0 aliphatic carbocycles. The fourth-order valence-corrected chi connectivity index (χ4v) is 5.89. The second-order valence-corrected chi connectivity index (χ2v) is 10.3. The van der Waals surface area contributed by atoms with E-state index in [4.69, 9.17) is 0 Å². The van der Waals surface area contributed by atoms with Crippen molar-refractivity contribution in [1.82, 2.24) is 4.31 Å². The highest BCUT2D eigenvalue weighted by Crippen LogP contribution is 2.28. The van der Waals surface area contributed by atoms with E-state index < -0.39 is 15.9 Å². The summed E-state index contributed by atoms with van der Waals surface area (Å²) in [7, 11) is -3.81. The Bertz CT molecular complexity index is 1270. The van der Waals surface area contributed by atoms with Crippen LogP contribution in [0.2, 0.25) is 0 Å². The van der Waals surface area contributed by atoms with Crippen molar-refractivity contribution in [3.63, 3.8) is 0 Å². The Balaban J connectivity index is 1.59. The van der Waals surface area contributed by atoms with Crippen LogP contribution in [0.15, 0.2) is 107 Å². The van der Waals surface area contributed by atoms with E-state index in [2.05, 4.69) is 5.32 Å². The summed E-state index contributed by atoms with van der Waals surface area (Å²) in [6.45, 7) is -0.187. The highest BCUT2D eigenvalue weighted by Gasteiger charge is 2.28. The van der Waals surface area contributed by atoms with Gasteiger partial charge in [-0.05, 0) is 28.6 Å². The number of hydrogen-bond acceptors (Lipinski definition) is 4. The van der Waals surface area contributed by atoms with Crippen LogP contribution < -0.4 is 5.32 Å². The SMILES string of the molecule is O=C(CN(Cc1ccccc1)S(=O)(=O)c1cccs1)Nc1ccccc1-c1ccccc1. The smallest absolute Gasteiger partial charge is 0.253 e. The third-order valence-electron chi connectivity index (χ3n) is 4.90. The number of carbonyl (C=O) groups excluding carboxylic acids is 1. The number of sulfonamides is 1. The third-order valence-corrected chi connectivity index (χ3v) is 8.06. The minimum Gasteiger partial charge on any atom is -0.324 e. The summed E-state index contributed by atoms with van der Waals surface area (Å²) in [5, 5.41) is 4.61. The standard InChI is InChI=1S/C25H22N2O3S2/c28-24(26-23-15-8-7-14-22(23)21-12-5-2-6-13-21)19-27(18-20-10-3-1-4-11-20)32(29,30)25-16-9-17-31-25/h1-17H,18-19H2,(H,26,28). The zero-order valence-electron chi connectivity index (χ0n) is 17.2. The minimum atomic E-state index is -3.81. The predicted molar refractivity (Wildman–Crippen MR) is 129 cm³/mol. The maximum Gasteiger partial charge on any atom is 0.253 e. The lowest BCUT2D eigenvalue weighted by atomic mass is 10.0. The van der Waals surface area contributed by atoms with Crippen LogP contribution in [0.4, 0.5) is 5.69 Å². The average Bonchev–Trinajstić information content (AvgIpc) is 3.36. The summed E-state index contributed by atoms with van der Waals surface area (Å²) in [4.78, 5) is 13.0. The molecule has 0 saturated heterocycles. The Morgan fingerprint density at radius 3 is 2.16 bits per heavy atom. The molecule has 162 valence electrons. The minimum absolute atomic E-state index is 0.106. The van der Waals surface area contributed by atoms with Crippen LogP contribution in [0.3, 0.4) is 0 Å². The van der Waals surface area contributed by atoms with Gasteiger partial charge in [0.05, 0.1) is 6.54 Å². The average molecular weight is 463 g/mol. The van der Waals surface area contributed by atoms with Gasteiger partial charge in [-0.3, -0.25) is 4.79 Å². The maximum atomic E-state index is 13.2. The van der Waals surface area contributed by atoms with E-state index in [0.29, 0.717) is 5.69 Å². The molecule has 4 rings (SSSR count). The molecule has 1 aromatic heterocycles. The van der Waals surface area contributed by atoms with Crippen molar-refractivity contribution < 1.29 is 13.2 Å². The van der Waals surface area contributed by atoms with Gasteiger partial charge in [0.25, 0.3) is 10.0 Å². The second-order valence-electron chi connectivity index (χ2n) is 7.15. The van der Waals surface area contributed by atoms with E-state index in [1.807, 2.05) is 84.9 Å². The van der Waals surface area contributed by atoms with Crippen molar-refractivity contribution in [3.05, 3.63) is 108 Å². The van der Waals surface area contributed by atoms with Crippen molar-refractivity contribution in [2.75, 3.05) is 11.9 Å². The normalized spacial score (nSPS) is 11.4. The molecule has 7 heteroatoms. The van der Waals surface area contributed by atoms with Crippen LogP contribution in [-0.4, -0.2) is 25.2 Å². The van der Waals surface area contributed by atoms with Crippen molar-refractivity contribution in [2.24, 2.45) is 0 Å². The molecule has 0 spiro atoms. The first kappa shape index (κ1) is 22.0. The number of para-hydroxylation sites is 1. The molecule has 5 nitrogen and oxygen atoms in total. The zero-order valence-corrected chi connectivity index (χ0v) is 18.9. The van der Waals surface area contributed by atoms with Gasteiger partial charge in [0, 0.05) is 17.8 Å². The molecule has 0 aliphatic heterocycles. The Morgan fingerprint density at radius 1 is 0.812 bits per heavy atom. The lowest BCUT2D eigenvalue weighted by molar-refractivity contribution is -0.116. The van der Waals surface area contributed by atoms with Gasteiger partial charge in [-0.25, -0.2) is 8.42 Å². The van der Waals surface area contributed by atoms with Crippen LogP contribution in [0.1, 0.15) is 5.56 Å². The molecule has 0 aliphatic rings. The Labute approximate surface area is 192 Å². The summed E-state index contributed by atoms with van der Waals surface area (Å²) in [5.41, 5.74) is 3.29. The summed E-state index contributed by atoms with van der Waals surface area (Å²) >= 11 is 1.14. The molecule has 0 bridgehead atoms. The number of thiophene rings is 1. The number of carbonyl (C=O) groups is 1. The molecule has 0 fully saturated rings. The van der Waals surface area contributed by atoms with Gasteiger partial charge in [0.1, 0.15) is 4.21 Å². The summed E-state index contributed by atoms with van der Waals surface area (Å²) < 4.78 is 27.9.